The monoisotopic (exact) mass is 410 g/mol. The molecule has 0 bridgehead atoms. The molecule has 2 rings (SSSR count). The van der Waals surface area contributed by atoms with Crippen LogP contribution in [0.25, 0.3) is 0 Å². The first-order valence-electron chi connectivity index (χ1n) is 11.1. The average Bonchev–Trinajstić information content (AvgIpc) is 2.56. The minimum atomic E-state index is 0.118. The summed E-state index contributed by atoms with van der Waals surface area (Å²) in [7, 11) is 0. The van der Waals surface area contributed by atoms with E-state index in [4.69, 9.17) is 9.78 Å². The Morgan fingerprint density at radius 3 is 0.967 bits per heavy atom. The Balaban J connectivity index is 1.99. The fraction of sp³-hybridized carbons (Fsp3) is 0.571. The van der Waals surface area contributed by atoms with Gasteiger partial charge in [-0.2, -0.15) is 0 Å². The van der Waals surface area contributed by atoms with E-state index in [1.165, 1.54) is 11.1 Å². The van der Waals surface area contributed by atoms with Crippen molar-refractivity contribution in [3.8, 4) is 11.5 Å². The molecular weight excluding hydrogens is 368 g/mol. The summed E-state index contributed by atoms with van der Waals surface area (Å²) in [5.41, 5.74) is 3.44. The maximum absolute atomic E-state index is 5.57. The van der Waals surface area contributed by atoms with E-state index in [-0.39, 0.29) is 21.7 Å². The third-order valence-corrected chi connectivity index (χ3v) is 5.45. The van der Waals surface area contributed by atoms with Crippen molar-refractivity contribution in [3.05, 3.63) is 59.7 Å². The lowest BCUT2D eigenvalue weighted by Crippen LogP contribution is -2.24. The molecule has 2 aromatic rings. The Morgan fingerprint density at radius 1 is 0.467 bits per heavy atom. The van der Waals surface area contributed by atoms with Crippen LogP contribution >= 0.6 is 0 Å². The van der Waals surface area contributed by atoms with Crippen LogP contribution in [0.4, 0.5) is 0 Å². The Labute approximate surface area is 184 Å². The number of hydrogen-bond acceptors (Lipinski definition) is 2. The van der Waals surface area contributed by atoms with Gasteiger partial charge in [0.05, 0.1) is 0 Å². The Kier molecular flexibility index (Phi) is 7.01. The third kappa shape index (κ3) is 7.38. The van der Waals surface area contributed by atoms with Crippen LogP contribution < -0.4 is 9.78 Å². The lowest BCUT2D eigenvalue weighted by atomic mass is 9.72. The lowest BCUT2D eigenvalue weighted by molar-refractivity contribution is -0.0999. The van der Waals surface area contributed by atoms with E-state index >= 15 is 0 Å². The first kappa shape index (κ1) is 24.3. The van der Waals surface area contributed by atoms with Crippen LogP contribution in [-0.4, -0.2) is 0 Å². The van der Waals surface area contributed by atoms with Crippen LogP contribution in [0.2, 0.25) is 0 Å². The summed E-state index contributed by atoms with van der Waals surface area (Å²) in [5, 5.41) is 0. The molecule has 0 amide bonds. The van der Waals surface area contributed by atoms with E-state index in [1.807, 2.05) is 24.3 Å². The van der Waals surface area contributed by atoms with E-state index < -0.39 is 0 Å². The molecule has 0 heterocycles. The zero-order valence-corrected chi connectivity index (χ0v) is 20.8. The molecule has 2 nitrogen and oxygen atoms in total. The van der Waals surface area contributed by atoms with E-state index in [0.29, 0.717) is 11.5 Å². The van der Waals surface area contributed by atoms with Gasteiger partial charge in [0.1, 0.15) is 0 Å². The topological polar surface area (TPSA) is 18.5 Å². The van der Waals surface area contributed by atoms with Crippen molar-refractivity contribution in [1.82, 2.24) is 0 Å². The van der Waals surface area contributed by atoms with Crippen LogP contribution in [-0.2, 0) is 10.8 Å². The summed E-state index contributed by atoms with van der Waals surface area (Å²) < 4.78 is 0. The highest BCUT2D eigenvalue weighted by atomic mass is 17.2. The second kappa shape index (κ2) is 8.65. The number of hydrogen-bond donors (Lipinski definition) is 0. The van der Waals surface area contributed by atoms with Crippen molar-refractivity contribution in [2.75, 3.05) is 0 Å². The molecule has 0 atom stereocenters. The van der Waals surface area contributed by atoms with Crippen LogP contribution in [0.1, 0.15) is 93.2 Å². The molecule has 0 N–H and O–H groups in total. The molecule has 0 unspecified atom stereocenters. The van der Waals surface area contributed by atoms with Gasteiger partial charge in [0.15, 0.2) is 11.5 Å². The standard InChI is InChI=1S/C28H42O2/c1-25(2,3)19-27(7,8)21-11-15-23(16-12-21)29-30-24-17-13-22(14-18-24)28(9,10)20-26(4,5)6/h11-18H,19-20H2,1-10H3. The quantitative estimate of drug-likeness (QED) is 0.336. The summed E-state index contributed by atoms with van der Waals surface area (Å²) in [6, 6.07) is 16.5. The Morgan fingerprint density at radius 2 is 0.733 bits per heavy atom. The molecule has 0 aromatic heterocycles. The molecule has 2 aromatic carbocycles. The summed E-state index contributed by atoms with van der Waals surface area (Å²) in [5.74, 6) is 1.42. The maximum Gasteiger partial charge on any atom is 0.178 e. The Bertz CT molecular complexity index is 726. The van der Waals surface area contributed by atoms with Gasteiger partial charge in [-0.3, -0.25) is 9.78 Å². The van der Waals surface area contributed by atoms with Gasteiger partial charge >= 0.3 is 0 Å². The van der Waals surface area contributed by atoms with Gasteiger partial charge in [-0.25, -0.2) is 0 Å². The molecule has 0 aliphatic carbocycles. The van der Waals surface area contributed by atoms with Gasteiger partial charge in [0, 0.05) is 0 Å². The van der Waals surface area contributed by atoms with Gasteiger partial charge in [-0.1, -0.05) is 93.5 Å². The van der Waals surface area contributed by atoms with Gasteiger partial charge in [0.2, 0.25) is 0 Å². The minimum absolute atomic E-state index is 0.118. The molecule has 0 saturated carbocycles. The largest absolute Gasteiger partial charge is 0.290 e. The van der Waals surface area contributed by atoms with E-state index in [2.05, 4.69) is 93.5 Å². The number of rotatable bonds is 7. The first-order valence-corrected chi connectivity index (χ1v) is 11.1. The highest BCUT2D eigenvalue weighted by Gasteiger charge is 2.28. The van der Waals surface area contributed by atoms with E-state index in [0.717, 1.165) is 12.8 Å². The SMILES string of the molecule is CC(C)(C)CC(C)(C)c1ccc(OOc2ccc(C(C)(C)CC(C)(C)C)cc2)cc1. The van der Waals surface area contributed by atoms with E-state index in [1.54, 1.807) is 0 Å². The molecule has 0 fully saturated rings. The van der Waals surface area contributed by atoms with Crippen molar-refractivity contribution < 1.29 is 9.78 Å². The first-order chi connectivity index (χ1) is 13.6. The molecular formula is C28H42O2. The zero-order valence-electron chi connectivity index (χ0n) is 20.8. The predicted octanol–water partition coefficient (Wildman–Crippen LogP) is 8.49. The molecule has 2 heteroatoms. The Hall–Kier alpha value is -1.96. The molecule has 0 aliphatic heterocycles. The summed E-state index contributed by atoms with van der Waals surface area (Å²) >= 11 is 0. The smallest absolute Gasteiger partial charge is 0.178 e. The van der Waals surface area contributed by atoms with Crippen molar-refractivity contribution in [1.29, 1.82) is 0 Å². The van der Waals surface area contributed by atoms with Gasteiger partial charge in [0.25, 0.3) is 0 Å². The summed E-state index contributed by atoms with van der Waals surface area (Å²) in [4.78, 5) is 11.1. The zero-order chi connectivity index (χ0) is 22.8. The van der Waals surface area contributed by atoms with Crippen LogP contribution in [0, 0.1) is 10.8 Å². The normalized spacial score (nSPS) is 13.3. The maximum atomic E-state index is 5.57. The minimum Gasteiger partial charge on any atom is -0.290 e. The lowest BCUT2D eigenvalue weighted by Gasteiger charge is -2.33. The molecule has 30 heavy (non-hydrogen) atoms. The number of benzene rings is 2. The van der Waals surface area contributed by atoms with Crippen molar-refractivity contribution in [3.63, 3.8) is 0 Å². The predicted molar refractivity (Wildman–Crippen MR) is 128 cm³/mol. The second-order valence-corrected chi connectivity index (χ2v) is 12.5. The second-order valence-electron chi connectivity index (χ2n) is 12.5. The van der Waals surface area contributed by atoms with Crippen LogP contribution in [0.15, 0.2) is 48.5 Å². The van der Waals surface area contributed by atoms with Crippen molar-refractivity contribution >= 4 is 0 Å². The highest BCUT2D eigenvalue weighted by molar-refractivity contribution is 5.33. The molecule has 0 spiro atoms. The molecule has 0 saturated heterocycles. The fourth-order valence-corrected chi connectivity index (χ4v) is 4.88. The fourth-order valence-electron chi connectivity index (χ4n) is 4.88. The third-order valence-electron chi connectivity index (χ3n) is 5.45. The van der Waals surface area contributed by atoms with Gasteiger partial charge < -0.3 is 0 Å². The van der Waals surface area contributed by atoms with Crippen molar-refractivity contribution in [2.24, 2.45) is 10.8 Å². The van der Waals surface area contributed by atoms with Gasteiger partial charge in [-0.15, -0.1) is 0 Å². The van der Waals surface area contributed by atoms with Crippen LogP contribution in [0.3, 0.4) is 0 Å². The summed E-state index contributed by atoms with van der Waals surface area (Å²) in [6.45, 7) is 22.9. The van der Waals surface area contributed by atoms with Gasteiger partial charge in [-0.05, 0) is 69.9 Å². The highest BCUT2D eigenvalue weighted by Crippen LogP contribution is 2.38. The van der Waals surface area contributed by atoms with E-state index in [9.17, 15) is 0 Å². The summed E-state index contributed by atoms with van der Waals surface area (Å²) in [6.07, 6.45) is 2.24. The van der Waals surface area contributed by atoms with Crippen molar-refractivity contribution in [2.45, 2.75) is 92.9 Å². The molecule has 166 valence electrons. The molecule has 0 radical (unpaired) electrons. The average molecular weight is 411 g/mol. The molecule has 0 aliphatic rings. The van der Waals surface area contributed by atoms with Crippen LogP contribution in [0.5, 0.6) is 11.5 Å².